The van der Waals surface area contributed by atoms with Gasteiger partial charge >= 0.3 is 0 Å². The summed E-state index contributed by atoms with van der Waals surface area (Å²) in [5.74, 6) is 0.773. The Morgan fingerprint density at radius 3 is 2.93 bits per heavy atom. The van der Waals surface area contributed by atoms with E-state index < -0.39 is 0 Å². The molecule has 1 aromatic heterocycles. The average molecular weight is 436 g/mol. The Kier molecular flexibility index (Phi) is 5.54. The zero-order chi connectivity index (χ0) is 20.5. The molecule has 0 saturated carbocycles. The highest BCUT2D eigenvalue weighted by Crippen LogP contribution is 2.48. The number of anilines is 3. The van der Waals surface area contributed by atoms with E-state index in [1.807, 2.05) is 23.3 Å². The molecule has 3 heterocycles. The van der Waals surface area contributed by atoms with Crippen LogP contribution in [0.1, 0.15) is 24.3 Å². The van der Waals surface area contributed by atoms with Crippen molar-refractivity contribution in [3.63, 3.8) is 0 Å². The van der Waals surface area contributed by atoms with Crippen LogP contribution in [0, 0.1) is 5.92 Å². The lowest BCUT2D eigenvalue weighted by atomic mass is 9.86. The molecular formula is C24H25N3OS2. The smallest absolute Gasteiger partial charge is 0.186 e. The predicted molar refractivity (Wildman–Crippen MR) is 126 cm³/mol. The maximum absolute atomic E-state index is 5.65. The molecule has 2 aliphatic rings. The minimum atomic E-state index is 0.210. The highest BCUT2D eigenvalue weighted by Gasteiger charge is 2.27. The summed E-state index contributed by atoms with van der Waals surface area (Å²) in [7, 11) is 2.16. The molecular weight excluding hydrogens is 410 g/mol. The number of ether oxygens (including phenoxy) is 1. The van der Waals surface area contributed by atoms with Crippen LogP contribution < -0.4 is 10.2 Å². The minimum Gasteiger partial charge on any atom is -0.381 e. The van der Waals surface area contributed by atoms with Gasteiger partial charge in [0.2, 0.25) is 0 Å². The van der Waals surface area contributed by atoms with Crippen molar-refractivity contribution in [1.29, 1.82) is 0 Å². The van der Waals surface area contributed by atoms with Gasteiger partial charge in [-0.1, -0.05) is 36.5 Å². The monoisotopic (exact) mass is 435 g/mol. The van der Waals surface area contributed by atoms with Crippen molar-refractivity contribution in [1.82, 2.24) is 4.98 Å². The number of benzene rings is 2. The molecule has 6 heteroatoms. The number of fused-ring (bicyclic) bond motifs is 2. The summed E-state index contributed by atoms with van der Waals surface area (Å²) >= 11 is 3.45. The van der Waals surface area contributed by atoms with E-state index in [0.29, 0.717) is 5.92 Å². The van der Waals surface area contributed by atoms with Crippen LogP contribution in [0.25, 0.3) is 0 Å². The topological polar surface area (TPSA) is 37.4 Å². The first-order valence-corrected chi connectivity index (χ1v) is 12.0. The van der Waals surface area contributed by atoms with Gasteiger partial charge < -0.3 is 15.0 Å². The van der Waals surface area contributed by atoms with E-state index in [2.05, 4.69) is 71.3 Å². The molecule has 2 unspecified atom stereocenters. The van der Waals surface area contributed by atoms with Crippen molar-refractivity contribution in [2.75, 3.05) is 30.5 Å². The van der Waals surface area contributed by atoms with Gasteiger partial charge in [0.05, 0.1) is 11.4 Å². The Morgan fingerprint density at radius 2 is 2.13 bits per heavy atom. The van der Waals surface area contributed by atoms with Gasteiger partial charge in [-0.2, -0.15) is 0 Å². The Labute approximate surface area is 186 Å². The van der Waals surface area contributed by atoms with Crippen LogP contribution >= 0.6 is 23.1 Å². The summed E-state index contributed by atoms with van der Waals surface area (Å²) in [5.41, 5.74) is 4.81. The quantitative estimate of drug-likeness (QED) is 0.478. The summed E-state index contributed by atoms with van der Waals surface area (Å²) in [6, 6.07) is 15.5. The molecule has 0 bridgehead atoms. The van der Waals surface area contributed by atoms with Crippen LogP contribution in [-0.4, -0.2) is 25.2 Å². The van der Waals surface area contributed by atoms with Crippen LogP contribution in [0.5, 0.6) is 0 Å². The van der Waals surface area contributed by atoms with Gasteiger partial charge in [0, 0.05) is 53.2 Å². The van der Waals surface area contributed by atoms with Crippen LogP contribution in [0.15, 0.2) is 76.1 Å². The number of thiazole rings is 1. The third-order valence-corrected chi connectivity index (χ3v) is 7.73. The van der Waals surface area contributed by atoms with Crippen LogP contribution in [-0.2, 0) is 4.74 Å². The molecule has 0 aliphatic carbocycles. The number of nitrogens with zero attached hydrogens (tertiary/aromatic N) is 2. The average Bonchev–Trinajstić information content (AvgIpc) is 3.46. The van der Waals surface area contributed by atoms with Gasteiger partial charge in [0.25, 0.3) is 0 Å². The molecule has 1 saturated heterocycles. The lowest BCUT2D eigenvalue weighted by Crippen LogP contribution is -2.17. The summed E-state index contributed by atoms with van der Waals surface area (Å²) in [6.45, 7) is 6.12. The van der Waals surface area contributed by atoms with Gasteiger partial charge in [0.15, 0.2) is 5.13 Å². The molecule has 0 radical (unpaired) electrons. The lowest BCUT2D eigenvalue weighted by Gasteiger charge is -2.31. The lowest BCUT2D eigenvalue weighted by molar-refractivity contribution is 0.183. The molecule has 2 aliphatic heterocycles. The molecule has 154 valence electrons. The van der Waals surface area contributed by atoms with Crippen molar-refractivity contribution in [3.8, 4) is 0 Å². The molecule has 2 atom stereocenters. The predicted octanol–water partition coefficient (Wildman–Crippen LogP) is 6.51. The number of rotatable bonds is 6. The molecule has 0 amide bonds. The second-order valence-corrected chi connectivity index (χ2v) is 9.84. The van der Waals surface area contributed by atoms with Crippen molar-refractivity contribution in [3.05, 3.63) is 71.9 Å². The van der Waals surface area contributed by atoms with Gasteiger partial charge in [-0.05, 0) is 48.6 Å². The number of hydrogen-bond donors (Lipinski definition) is 1. The SMILES string of the molecule is C=C(Nc1nccs1)C(CC1CCOC1)c1ccc2c(c1)N(C)c1ccccc1S2. The van der Waals surface area contributed by atoms with Crippen molar-refractivity contribution in [2.24, 2.45) is 5.92 Å². The largest absolute Gasteiger partial charge is 0.381 e. The van der Waals surface area contributed by atoms with Crippen LogP contribution in [0.2, 0.25) is 0 Å². The third-order valence-electron chi connectivity index (χ3n) is 5.91. The zero-order valence-corrected chi connectivity index (χ0v) is 18.6. The third kappa shape index (κ3) is 3.87. The number of nitrogens with one attached hydrogen (secondary N) is 1. The summed E-state index contributed by atoms with van der Waals surface area (Å²) in [4.78, 5) is 9.28. The molecule has 0 spiro atoms. The van der Waals surface area contributed by atoms with E-state index in [-0.39, 0.29) is 5.92 Å². The Balaban J connectivity index is 1.46. The van der Waals surface area contributed by atoms with Gasteiger partial charge in [-0.25, -0.2) is 4.98 Å². The minimum absolute atomic E-state index is 0.210. The molecule has 30 heavy (non-hydrogen) atoms. The normalized spacial score (nSPS) is 18.6. The molecule has 4 nitrogen and oxygen atoms in total. The fraction of sp³-hybridized carbons (Fsp3) is 0.292. The van der Waals surface area contributed by atoms with E-state index in [4.69, 9.17) is 4.74 Å². The van der Waals surface area contributed by atoms with Crippen LogP contribution in [0.3, 0.4) is 0 Å². The summed E-state index contributed by atoms with van der Waals surface area (Å²) in [6.07, 6.45) is 3.97. The van der Waals surface area contributed by atoms with E-state index in [0.717, 1.165) is 36.9 Å². The fourth-order valence-corrected chi connectivity index (χ4v) is 5.95. The summed E-state index contributed by atoms with van der Waals surface area (Å²) in [5, 5.41) is 6.33. The first kappa shape index (κ1) is 19.7. The van der Waals surface area contributed by atoms with Crippen molar-refractivity contribution >= 4 is 39.6 Å². The molecule has 5 rings (SSSR count). The Bertz CT molecular complexity index is 1040. The number of aromatic nitrogens is 1. The van der Waals surface area contributed by atoms with Crippen molar-refractivity contribution < 1.29 is 4.74 Å². The molecule has 2 aromatic carbocycles. The second-order valence-electron chi connectivity index (χ2n) is 7.86. The molecule has 1 N–H and O–H groups in total. The second kappa shape index (κ2) is 8.46. The van der Waals surface area contributed by atoms with Gasteiger partial charge in [-0.15, -0.1) is 11.3 Å². The zero-order valence-electron chi connectivity index (χ0n) is 17.0. The number of allylic oxidation sites excluding steroid dienone is 1. The van der Waals surface area contributed by atoms with E-state index >= 15 is 0 Å². The van der Waals surface area contributed by atoms with Gasteiger partial charge in [-0.3, -0.25) is 0 Å². The summed E-state index contributed by atoms with van der Waals surface area (Å²) < 4.78 is 5.65. The highest BCUT2D eigenvalue weighted by molar-refractivity contribution is 7.99. The van der Waals surface area contributed by atoms with E-state index in [1.165, 1.54) is 26.7 Å². The van der Waals surface area contributed by atoms with Crippen molar-refractivity contribution in [2.45, 2.75) is 28.6 Å². The first-order chi connectivity index (χ1) is 14.7. The maximum atomic E-state index is 5.65. The molecule has 3 aromatic rings. The van der Waals surface area contributed by atoms with E-state index in [1.54, 1.807) is 11.3 Å². The number of para-hydroxylation sites is 1. The fourth-order valence-electron chi connectivity index (χ4n) is 4.26. The Morgan fingerprint density at radius 1 is 1.27 bits per heavy atom. The van der Waals surface area contributed by atoms with Gasteiger partial charge in [0.1, 0.15) is 0 Å². The van der Waals surface area contributed by atoms with E-state index in [9.17, 15) is 0 Å². The standard InChI is InChI=1S/C24H25N3OS2/c1-16(26-24-25-10-12-29-24)19(13-17-9-11-28-15-17)18-7-8-23-21(14-18)27(2)20-5-3-4-6-22(20)30-23/h3-8,10,12,14,17,19H,1,9,11,13,15H2,2H3,(H,25,26). The number of hydrogen-bond acceptors (Lipinski definition) is 6. The maximum Gasteiger partial charge on any atom is 0.186 e. The Hall–Kier alpha value is -2.28. The van der Waals surface area contributed by atoms with Crippen LogP contribution in [0.4, 0.5) is 16.5 Å². The highest BCUT2D eigenvalue weighted by atomic mass is 32.2. The first-order valence-electron chi connectivity index (χ1n) is 10.3. The molecule has 1 fully saturated rings.